The molecule has 0 radical (unpaired) electrons. The summed E-state index contributed by atoms with van der Waals surface area (Å²) < 4.78 is 0. The molecule has 19 heavy (non-hydrogen) atoms. The molecule has 0 aliphatic carbocycles. The number of thiocarbonyl (C=S) groups is 1. The first-order chi connectivity index (χ1) is 8.90. The monoisotopic (exact) mass is 275 g/mol. The Bertz CT molecular complexity index is 448. The van der Waals surface area contributed by atoms with Crippen LogP contribution in [0.25, 0.3) is 0 Å². The van der Waals surface area contributed by atoms with Crippen molar-refractivity contribution in [2.45, 2.75) is 47.5 Å². The third-order valence-electron chi connectivity index (χ3n) is 2.53. The van der Waals surface area contributed by atoms with Gasteiger partial charge in [0.1, 0.15) is 0 Å². The van der Waals surface area contributed by atoms with Crippen LogP contribution in [0.15, 0.2) is 52.7 Å². The maximum atomic E-state index is 5.14. The second-order valence-corrected chi connectivity index (χ2v) is 5.22. The van der Waals surface area contributed by atoms with E-state index in [1.54, 1.807) is 0 Å². The van der Waals surface area contributed by atoms with E-state index in [9.17, 15) is 0 Å². The molecule has 0 amide bonds. The van der Waals surface area contributed by atoms with E-state index in [0.29, 0.717) is 0 Å². The molecule has 0 spiro atoms. The smallest absolute Gasteiger partial charge is 0.0722 e. The molecule has 0 saturated carbocycles. The Morgan fingerprint density at radius 1 is 1.26 bits per heavy atom. The first-order valence-electron chi connectivity index (χ1n) is 6.64. The molecule has 104 valence electrons. The Kier molecular flexibility index (Phi) is 8.98. The zero-order chi connectivity index (χ0) is 14.8. The number of aliphatic imine (C=N–C) groups is 1. The quantitative estimate of drug-likeness (QED) is 0.255. The molecule has 0 N–H and O–H groups in total. The van der Waals surface area contributed by atoms with E-state index >= 15 is 0 Å². The summed E-state index contributed by atoms with van der Waals surface area (Å²) in [7, 11) is 0. The van der Waals surface area contributed by atoms with E-state index < -0.39 is 0 Å². The van der Waals surface area contributed by atoms with Crippen LogP contribution in [-0.4, -0.2) is 10.6 Å². The van der Waals surface area contributed by atoms with E-state index in [1.807, 2.05) is 33.8 Å². The van der Waals surface area contributed by atoms with E-state index in [1.165, 1.54) is 5.57 Å². The van der Waals surface area contributed by atoms with E-state index in [-0.39, 0.29) is 0 Å². The topological polar surface area (TPSA) is 12.4 Å². The average Bonchev–Trinajstić information content (AvgIpc) is 2.33. The molecule has 0 bridgehead atoms. The molecule has 0 aliphatic rings. The van der Waals surface area contributed by atoms with Gasteiger partial charge in [0.15, 0.2) is 0 Å². The summed E-state index contributed by atoms with van der Waals surface area (Å²) in [5.74, 6) is 0. The average molecular weight is 275 g/mol. The van der Waals surface area contributed by atoms with Gasteiger partial charge in [0.2, 0.25) is 0 Å². The lowest BCUT2D eigenvalue weighted by Gasteiger charge is -2.01. The maximum Gasteiger partial charge on any atom is 0.0722 e. The van der Waals surface area contributed by atoms with Gasteiger partial charge in [-0.1, -0.05) is 55.6 Å². The minimum Gasteiger partial charge on any atom is -0.257 e. The van der Waals surface area contributed by atoms with Gasteiger partial charge in [0, 0.05) is 17.0 Å². The lowest BCUT2D eigenvalue weighted by atomic mass is 10.1. The Balaban J connectivity index is 4.68. The van der Waals surface area contributed by atoms with Crippen molar-refractivity contribution in [1.82, 2.24) is 0 Å². The molecule has 0 heterocycles. The fourth-order valence-corrected chi connectivity index (χ4v) is 1.73. The Labute approximate surface area is 123 Å². The predicted octanol–water partition coefficient (Wildman–Crippen LogP) is 5.60. The number of nitrogens with zero attached hydrogens (tertiary/aromatic N) is 1. The van der Waals surface area contributed by atoms with Crippen LogP contribution in [0.4, 0.5) is 0 Å². The fraction of sp³-hybridized carbons (Fsp3) is 0.412. The summed E-state index contributed by atoms with van der Waals surface area (Å²) >= 11 is 5.14. The summed E-state index contributed by atoms with van der Waals surface area (Å²) in [6.07, 6.45) is 10.2. The van der Waals surface area contributed by atoms with Gasteiger partial charge in [-0.2, -0.15) is 0 Å². The number of allylic oxidation sites excluding steroid dienone is 7. The minimum atomic E-state index is 0.835. The second-order valence-electron chi connectivity index (χ2n) is 4.60. The third kappa shape index (κ3) is 8.44. The Hall–Kier alpha value is -1.28. The van der Waals surface area contributed by atoms with Crippen molar-refractivity contribution in [2.75, 3.05) is 0 Å². The van der Waals surface area contributed by atoms with Crippen molar-refractivity contribution in [3.05, 3.63) is 47.7 Å². The Morgan fingerprint density at radius 2 is 1.89 bits per heavy atom. The molecular weight excluding hydrogens is 250 g/mol. The lowest BCUT2D eigenvalue weighted by Crippen LogP contribution is -1.96. The summed E-state index contributed by atoms with van der Waals surface area (Å²) in [6.45, 7) is 14.0. The van der Waals surface area contributed by atoms with Gasteiger partial charge in [0.25, 0.3) is 0 Å². The van der Waals surface area contributed by atoms with Crippen molar-refractivity contribution in [2.24, 2.45) is 4.99 Å². The number of hydrogen-bond donors (Lipinski definition) is 0. The molecule has 0 aromatic heterocycles. The summed E-state index contributed by atoms with van der Waals surface area (Å²) in [5.41, 5.74) is 4.34. The van der Waals surface area contributed by atoms with Crippen LogP contribution in [0.2, 0.25) is 0 Å². The van der Waals surface area contributed by atoms with E-state index in [2.05, 4.69) is 36.7 Å². The highest BCUT2D eigenvalue weighted by molar-refractivity contribution is 7.80. The van der Waals surface area contributed by atoms with E-state index in [0.717, 1.165) is 34.7 Å². The third-order valence-corrected chi connectivity index (χ3v) is 2.74. The van der Waals surface area contributed by atoms with Gasteiger partial charge >= 0.3 is 0 Å². The summed E-state index contributed by atoms with van der Waals surface area (Å²) in [5, 5.41) is 0. The standard InChI is InChI=1S/C17H25NS/c1-7-16(12-13(3)4)11-9-10-14(5)18-17(8-2)15(6)19/h8-9,11-12H,3,7,10H2,1-2,4-6H3/b11-9-,16-12-,17-8-,18-14?. The zero-order valence-corrected chi connectivity index (χ0v) is 13.6. The van der Waals surface area contributed by atoms with Gasteiger partial charge in [-0.3, -0.25) is 4.99 Å². The van der Waals surface area contributed by atoms with Gasteiger partial charge in [-0.15, -0.1) is 0 Å². The van der Waals surface area contributed by atoms with Gasteiger partial charge < -0.3 is 0 Å². The van der Waals surface area contributed by atoms with Crippen LogP contribution in [0.3, 0.4) is 0 Å². The molecule has 0 unspecified atom stereocenters. The second kappa shape index (κ2) is 9.62. The van der Waals surface area contributed by atoms with Gasteiger partial charge in [0.05, 0.1) is 5.70 Å². The number of hydrogen-bond acceptors (Lipinski definition) is 2. The highest BCUT2D eigenvalue weighted by atomic mass is 32.1. The van der Waals surface area contributed by atoms with Crippen LogP contribution < -0.4 is 0 Å². The van der Waals surface area contributed by atoms with Crippen LogP contribution >= 0.6 is 12.2 Å². The van der Waals surface area contributed by atoms with Gasteiger partial charge in [-0.25, -0.2) is 0 Å². The van der Waals surface area contributed by atoms with Crippen LogP contribution in [0, 0.1) is 0 Å². The molecule has 0 fully saturated rings. The molecule has 2 heteroatoms. The number of rotatable bonds is 7. The van der Waals surface area contributed by atoms with Crippen LogP contribution in [-0.2, 0) is 0 Å². The van der Waals surface area contributed by atoms with Crippen molar-refractivity contribution < 1.29 is 0 Å². The highest BCUT2D eigenvalue weighted by Gasteiger charge is 1.96. The molecule has 0 aromatic carbocycles. The Morgan fingerprint density at radius 3 is 2.32 bits per heavy atom. The summed E-state index contributed by atoms with van der Waals surface area (Å²) in [6, 6.07) is 0. The molecule has 0 aliphatic heterocycles. The fourth-order valence-electron chi connectivity index (χ4n) is 1.56. The predicted molar refractivity (Wildman–Crippen MR) is 92.1 cm³/mol. The molecular formula is C17H25NS. The molecule has 0 atom stereocenters. The highest BCUT2D eigenvalue weighted by Crippen LogP contribution is 2.08. The first kappa shape index (κ1) is 17.7. The van der Waals surface area contributed by atoms with Crippen molar-refractivity contribution in [3.8, 4) is 0 Å². The van der Waals surface area contributed by atoms with E-state index in [4.69, 9.17) is 12.2 Å². The van der Waals surface area contributed by atoms with Crippen molar-refractivity contribution >= 4 is 22.8 Å². The van der Waals surface area contributed by atoms with Crippen molar-refractivity contribution in [3.63, 3.8) is 0 Å². The molecule has 0 rings (SSSR count). The minimum absolute atomic E-state index is 0.835. The van der Waals surface area contributed by atoms with Crippen LogP contribution in [0.5, 0.6) is 0 Å². The SMILES string of the molecule is C=C(C)/C=C(\C=C/CC(C)=N/C(=C\C)C(C)=S)CC. The lowest BCUT2D eigenvalue weighted by molar-refractivity contribution is 1.14. The van der Waals surface area contributed by atoms with Crippen molar-refractivity contribution in [1.29, 1.82) is 0 Å². The first-order valence-corrected chi connectivity index (χ1v) is 7.05. The summed E-state index contributed by atoms with van der Waals surface area (Å²) in [4.78, 5) is 5.36. The normalized spacial score (nSPS) is 14.1. The molecule has 1 nitrogen and oxygen atoms in total. The zero-order valence-electron chi connectivity index (χ0n) is 12.8. The molecule has 0 aromatic rings. The maximum absolute atomic E-state index is 5.14. The van der Waals surface area contributed by atoms with Gasteiger partial charge in [-0.05, 0) is 39.7 Å². The molecule has 0 saturated heterocycles. The van der Waals surface area contributed by atoms with Crippen LogP contribution in [0.1, 0.15) is 47.5 Å². The largest absolute Gasteiger partial charge is 0.257 e.